The number of hydrogen-bond donors (Lipinski definition) is 1. The number of carbonyl (C=O) groups is 1. The van der Waals surface area contributed by atoms with Crippen molar-refractivity contribution in [1.29, 1.82) is 0 Å². The van der Waals surface area contributed by atoms with Gasteiger partial charge in [0.05, 0.1) is 36.6 Å². The summed E-state index contributed by atoms with van der Waals surface area (Å²) in [6.45, 7) is 0. The maximum absolute atomic E-state index is 11.6. The van der Waals surface area contributed by atoms with Crippen molar-refractivity contribution in [2.24, 2.45) is 0 Å². The summed E-state index contributed by atoms with van der Waals surface area (Å²) in [6.07, 6.45) is 2.28. The van der Waals surface area contributed by atoms with Crippen LogP contribution in [-0.4, -0.2) is 24.8 Å². The molecule has 104 valence electrons. The predicted molar refractivity (Wildman–Crippen MR) is 77.7 cm³/mol. The molecule has 1 aromatic carbocycles. The van der Waals surface area contributed by atoms with E-state index in [9.17, 15) is 4.79 Å². The van der Waals surface area contributed by atoms with E-state index >= 15 is 0 Å². The van der Waals surface area contributed by atoms with E-state index in [0.29, 0.717) is 6.42 Å². The number of fused-ring (bicyclic) bond motifs is 2. The molecule has 2 aromatic rings. The molecule has 5 heteroatoms. The SMILES string of the molecule is COC(=O)CC1Nc2ccccc2N(C)n2cccc21. The Kier molecular flexibility index (Phi) is 3.10. The summed E-state index contributed by atoms with van der Waals surface area (Å²) >= 11 is 0. The highest BCUT2D eigenvalue weighted by atomic mass is 16.5. The van der Waals surface area contributed by atoms with Crippen molar-refractivity contribution >= 4 is 17.3 Å². The number of esters is 1. The molecule has 3 rings (SSSR count). The Morgan fingerprint density at radius 2 is 2.10 bits per heavy atom. The van der Waals surface area contributed by atoms with Gasteiger partial charge in [0.2, 0.25) is 0 Å². The van der Waals surface area contributed by atoms with E-state index in [1.54, 1.807) is 0 Å². The van der Waals surface area contributed by atoms with Crippen LogP contribution in [0.15, 0.2) is 42.6 Å². The lowest BCUT2D eigenvalue weighted by atomic mass is 10.1. The lowest BCUT2D eigenvalue weighted by Crippen LogP contribution is -2.25. The monoisotopic (exact) mass is 271 g/mol. The first kappa shape index (κ1) is 12.6. The van der Waals surface area contributed by atoms with Crippen molar-refractivity contribution in [2.45, 2.75) is 12.5 Å². The van der Waals surface area contributed by atoms with Gasteiger partial charge in [0, 0.05) is 13.2 Å². The molecule has 0 amide bonds. The van der Waals surface area contributed by atoms with Gasteiger partial charge in [-0.1, -0.05) is 12.1 Å². The van der Waals surface area contributed by atoms with Gasteiger partial charge < -0.3 is 10.1 Å². The first-order chi connectivity index (χ1) is 9.70. The quantitative estimate of drug-likeness (QED) is 0.852. The van der Waals surface area contributed by atoms with Crippen molar-refractivity contribution in [1.82, 2.24) is 4.68 Å². The summed E-state index contributed by atoms with van der Waals surface area (Å²) in [4.78, 5) is 11.6. The van der Waals surface area contributed by atoms with Gasteiger partial charge >= 0.3 is 5.97 Å². The van der Waals surface area contributed by atoms with E-state index in [1.807, 2.05) is 54.3 Å². The van der Waals surface area contributed by atoms with E-state index in [2.05, 4.69) is 10.3 Å². The Hall–Kier alpha value is -2.43. The number of carbonyl (C=O) groups excluding carboxylic acids is 1. The number of ether oxygens (including phenoxy) is 1. The van der Waals surface area contributed by atoms with E-state index in [1.165, 1.54) is 7.11 Å². The lowest BCUT2D eigenvalue weighted by Gasteiger charge is -2.22. The molecule has 1 aliphatic heterocycles. The van der Waals surface area contributed by atoms with Crippen LogP contribution in [0.4, 0.5) is 11.4 Å². The number of nitrogens with zero attached hydrogens (tertiary/aromatic N) is 2. The molecular weight excluding hydrogens is 254 g/mol. The molecule has 0 radical (unpaired) electrons. The molecule has 1 aromatic heterocycles. The maximum Gasteiger partial charge on any atom is 0.308 e. The summed E-state index contributed by atoms with van der Waals surface area (Å²) in [5.74, 6) is -0.225. The fourth-order valence-electron chi connectivity index (χ4n) is 2.60. The number of para-hydroxylation sites is 2. The second-order valence-electron chi connectivity index (χ2n) is 4.80. The largest absolute Gasteiger partial charge is 0.469 e. The molecule has 5 nitrogen and oxygen atoms in total. The third kappa shape index (κ3) is 2.01. The summed E-state index contributed by atoms with van der Waals surface area (Å²) < 4.78 is 6.85. The molecule has 0 saturated heterocycles. The van der Waals surface area contributed by atoms with Crippen molar-refractivity contribution in [3.8, 4) is 0 Å². The van der Waals surface area contributed by atoms with Gasteiger partial charge in [-0.25, -0.2) is 0 Å². The molecule has 1 unspecified atom stereocenters. The van der Waals surface area contributed by atoms with E-state index in [-0.39, 0.29) is 12.0 Å². The van der Waals surface area contributed by atoms with Crippen LogP contribution in [0.2, 0.25) is 0 Å². The fraction of sp³-hybridized carbons (Fsp3) is 0.267. The van der Waals surface area contributed by atoms with Gasteiger partial charge in [0.25, 0.3) is 0 Å². The zero-order valence-electron chi connectivity index (χ0n) is 11.5. The topological polar surface area (TPSA) is 46.5 Å². The second-order valence-corrected chi connectivity index (χ2v) is 4.80. The number of aromatic nitrogens is 1. The first-order valence-corrected chi connectivity index (χ1v) is 6.54. The van der Waals surface area contributed by atoms with Crippen LogP contribution in [0.1, 0.15) is 18.2 Å². The summed E-state index contributed by atoms with van der Waals surface area (Å²) in [5, 5.41) is 5.50. The Morgan fingerprint density at radius 3 is 2.90 bits per heavy atom. The number of benzene rings is 1. The van der Waals surface area contributed by atoms with Gasteiger partial charge in [0.1, 0.15) is 0 Å². The van der Waals surface area contributed by atoms with Crippen LogP contribution < -0.4 is 10.3 Å². The summed E-state index contributed by atoms with van der Waals surface area (Å²) in [6, 6.07) is 11.9. The molecule has 0 aliphatic carbocycles. The van der Waals surface area contributed by atoms with Crippen molar-refractivity contribution in [2.75, 3.05) is 24.5 Å². The summed E-state index contributed by atoms with van der Waals surface area (Å²) in [5.41, 5.74) is 3.11. The lowest BCUT2D eigenvalue weighted by molar-refractivity contribution is -0.140. The second kappa shape index (κ2) is 4.92. The Morgan fingerprint density at radius 1 is 1.30 bits per heavy atom. The number of nitrogens with one attached hydrogen (secondary N) is 1. The standard InChI is InChI=1S/C15H17N3O2/c1-17-13-7-4-3-6-11(13)16-12(10-15(19)20-2)14-8-5-9-18(14)17/h3-9,12,16H,10H2,1-2H3. The average molecular weight is 271 g/mol. The molecular formula is C15H17N3O2. The van der Waals surface area contributed by atoms with Gasteiger partial charge in [-0.15, -0.1) is 0 Å². The highest BCUT2D eigenvalue weighted by Gasteiger charge is 2.25. The molecule has 1 atom stereocenters. The highest BCUT2D eigenvalue weighted by Crippen LogP contribution is 2.34. The molecule has 1 N–H and O–H groups in total. The van der Waals surface area contributed by atoms with Crippen LogP contribution in [0, 0.1) is 0 Å². The Bertz CT molecular complexity index is 636. The third-order valence-corrected chi connectivity index (χ3v) is 3.62. The van der Waals surface area contributed by atoms with Gasteiger partial charge in [-0.05, 0) is 24.3 Å². The molecule has 0 bridgehead atoms. The normalized spacial score (nSPS) is 16.7. The molecule has 1 aliphatic rings. The fourth-order valence-corrected chi connectivity index (χ4v) is 2.60. The zero-order valence-corrected chi connectivity index (χ0v) is 11.5. The molecule has 0 spiro atoms. The average Bonchev–Trinajstić information content (AvgIpc) is 2.92. The molecule has 0 fully saturated rings. The van der Waals surface area contributed by atoms with Gasteiger partial charge in [0.15, 0.2) is 0 Å². The van der Waals surface area contributed by atoms with Crippen LogP contribution in [0.5, 0.6) is 0 Å². The Balaban J connectivity index is 2.06. The maximum atomic E-state index is 11.6. The number of rotatable bonds is 2. The van der Waals surface area contributed by atoms with E-state index in [4.69, 9.17) is 4.74 Å². The van der Waals surface area contributed by atoms with Crippen molar-refractivity contribution in [3.05, 3.63) is 48.3 Å². The number of anilines is 2. The van der Waals surface area contributed by atoms with Crippen LogP contribution in [-0.2, 0) is 9.53 Å². The highest BCUT2D eigenvalue weighted by molar-refractivity contribution is 5.74. The smallest absolute Gasteiger partial charge is 0.308 e. The summed E-state index contributed by atoms with van der Waals surface area (Å²) in [7, 11) is 3.42. The predicted octanol–water partition coefficient (Wildman–Crippen LogP) is 2.42. The Labute approximate surface area is 117 Å². The number of hydrogen-bond acceptors (Lipinski definition) is 4. The van der Waals surface area contributed by atoms with E-state index in [0.717, 1.165) is 17.1 Å². The van der Waals surface area contributed by atoms with Crippen molar-refractivity contribution < 1.29 is 9.53 Å². The molecule has 20 heavy (non-hydrogen) atoms. The number of methoxy groups -OCH3 is 1. The van der Waals surface area contributed by atoms with Crippen molar-refractivity contribution in [3.63, 3.8) is 0 Å². The van der Waals surface area contributed by atoms with E-state index < -0.39 is 0 Å². The molecule has 0 saturated carbocycles. The third-order valence-electron chi connectivity index (χ3n) is 3.62. The van der Waals surface area contributed by atoms with Crippen LogP contribution in [0.25, 0.3) is 0 Å². The minimum absolute atomic E-state index is 0.108. The first-order valence-electron chi connectivity index (χ1n) is 6.54. The van der Waals surface area contributed by atoms with Gasteiger partial charge in [-0.2, -0.15) is 0 Å². The minimum atomic E-state index is -0.225. The minimum Gasteiger partial charge on any atom is -0.469 e. The van der Waals surface area contributed by atoms with Crippen LogP contribution in [0.3, 0.4) is 0 Å². The zero-order chi connectivity index (χ0) is 14.1. The van der Waals surface area contributed by atoms with Crippen LogP contribution >= 0.6 is 0 Å². The van der Waals surface area contributed by atoms with Gasteiger partial charge in [-0.3, -0.25) is 14.5 Å². The molecule has 2 heterocycles.